The van der Waals surface area contributed by atoms with Crippen molar-refractivity contribution in [3.63, 3.8) is 0 Å². The van der Waals surface area contributed by atoms with Crippen LogP contribution in [-0.4, -0.2) is 19.3 Å². The highest BCUT2D eigenvalue weighted by molar-refractivity contribution is 5.98. The first kappa shape index (κ1) is 12.8. The summed E-state index contributed by atoms with van der Waals surface area (Å²) in [5.41, 5.74) is 9.31. The van der Waals surface area contributed by atoms with Crippen molar-refractivity contribution in [2.24, 2.45) is 10.7 Å². The van der Waals surface area contributed by atoms with Gasteiger partial charge in [-0.1, -0.05) is 13.5 Å². The van der Waals surface area contributed by atoms with E-state index in [0.29, 0.717) is 5.70 Å². The maximum absolute atomic E-state index is 5.89. The van der Waals surface area contributed by atoms with Crippen molar-refractivity contribution < 1.29 is 0 Å². The average Bonchev–Trinajstić information content (AvgIpc) is 2.22. The number of nitrogens with two attached hydrogens (primary N) is 1. The number of nitrogens with one attached hydrogen (secondary N) is 1. The maximum atomic E-state index is 5.89. The van der Waals surface area contributed by atoms with Crippen LogP contribution in [0.2, 0.25) is 0 Å². The van der Waals surface area contributed by atoms with Gasteiger partial charge in [0.1, 0.15) is 0 Å². The third-order valence-electron chi connectivity index (χ3n) is 2.17. The Morgan fingerprint density at radius 3 is 2.43 bits per heavy atom. The predicted molar refractivity (Wildman–Crippen MR) is 63.4 cm³/mol. The van der Waals surface area contributed by atoms with E-state index in [1.807, 2.05) is 13.8 Å². The lowest BCUT2D eigenvalue weighted by atomic mass is 10.1. The Kier molecular flexibility index (Phi) is 5.68. The van der Waals surface area contributed by atoms with E-state index in [1.54, 1.807) is 7.05 Å². The molecule has 0 rings (SSSR count). The van der Waals surface area contributed by atoms with Gasteiger partial charge < -0.3 is 11.1 Å². The van der Waals surface area contributed by atoms with Crippen LogP contribution >= 0.6 is 0 Å². The van der Waals surface area contributed by atoms with Crippen molar-refractivity contribution in [3.8, 4) is 0 Å². The van der Waals surface area contributed by atoms with Crippen molar-refractivity contribution in [1.29, 1.82) is 0 Å². The number of allylic oxidation sites excluding steroid dienone is 2. The minimum atomic E-state index is 0.709. The van der Waals surface area contributed by atoms with Crippen molar-refractivity contribution in [2.75, 3.05) is 13.6 Å². The molecule has 0 amide bonds. The van der Waals surface area contributed by atoms with Crippen LogP contribution in [0.5, 0.6) is 0 Å². The number of hydrogen-bond donors (Lipinski definition) is 2. The largest absolute Gasteiger partial charge is 0.397 e. The molecule has 3 nitrogen and oxygen atoms in total. The molecule has 0 atom stereocenters. The monoisotopic (exact) mass is 195 g/mol. The molecular weight excluding hydrogens is 174 g/mol. The molecule has 0 aliphatic heterocycles. The highest BCUT2D eigenvalue weighted by atomic mass is 14.9. The van der Waals surface area contributed by atoms with Crippen LogP contribution in [0.1, 0.15) is 27.2 Å². The van der Waals surface area contributed by atoms with Gasteiger partial charge in [0.25, 0.3) is 0 Å². The lowest BCUT2D eigenvalue weighted by molar-refractivity contribution is 0.776. The number of nitrogens with zero attached hydrogens (tertiary/aromatic N) is 1. The molecule has 0 radical (unpaired) electrons. The Morgan fingerprint density at radius 2 is 2.00 bits per heavy atom. The zero-order chi connectivity index (χ0) is 11.1. The van der Waals surface area contributed by atoms with E-state index in [-0.39, 0.29) is 0 Å². The van der Waals surface area contributed by atoms with Crippen LogP contribution in [0.4, 0.5) is 0 Å². The van der Waals surface area contributed by atoms with E-state index in [4.69, 9.17) is 5.73 Å². The van der Waals surface area contributed by atoms with Crippen molar-refractivity contribution in [1.82, 2.24) is 5.32 Å². The SMILES string of the molecule is C=C(NCCC)/C(C)=C(/N)C(C)=NC. The van der Waals surface area contributed by atoms with Crippen LogP contribution in [0, 0.1) is 0 Å². The molecule has 0 spiro atoms. The highest BCUT2D eigenvalue weighted by Gasteiger charge is 2.03. The first-order chi connectivity index (χ1) is 6.54. The minimum absolute atomic E-state index is 0.709. The standard InChI is InChI=1S/C11H21N3/c1-6-7-14-9(3)8(2)11(12)10(4)13-5/h14H,3,6-7,12H2,1-2,4-5H3/b11-8+,13-10?. The molecule has 14 heavy (non-hydrogen) atoms. The Hall–Kier alpha value is -1.25. The molecule has 0 heterocycles. The second kappa shape index (κ2) is 6.24. The van der Waals surface area contributed by atoms with Gasteiger partial charge in [0, 0.05) is 19.3 Å². The maximum Gasteiger partial charge on any atom is 0.0575 e. The molecule has 0 aromatic rings. The smallest absolute Gasteiger partial charge is 0.0575 e. The van der Waals surface area contributed by atoms with E-state index < -0.39 is 0 Å². The quantitative estimate of drug-likeness (QED) is 0.519. The van der Waals surface area contributed by atoms with Crippen molar-refractivity contribution >= 4 is 5.71 Å². The van der Waals surface area contributed by atoms with Crippen molar-refractivity contribution in [2.45, 2.75) is 27.2 Å². The molecule has 0 aromatic heterocycles. The van der Waals surface area contributed by atoms with Crippen LogP contribution in [0.3, 0.4) is 0 Å². The summed E-state index contributed by atoms with van der Waals surface area (Å²) in [6.45, 7) is 10.8. The van der Waals surface area contributed by atoms with Gasteiger partial charge in [-0.2, -0.15) is 0 Å². The summed E-state index contributed by atoms with van der Waals surface area (Å²) in [4.78, 5) is 4.04. The Balaban J connectivity index is 4.57. The number of rotatable bonds is 5. The molecule has 3 N–H and O–H groups in total. The summed E-state index contributed by atoms with van der Waals surface area (Å²) >= 11 is 0. The summed E-state index contributed by atoms with van der Waals surface area (Å²) in [6.07, 6.45) is 1.08. The Bertz CT molecular complexity index is 262. The lowest BCUT2D eigenvalue weighted by Gasteiger charge is -2.12. The van der Waals surface area contributed by atoms with Gasteiger partial charge in [0.2, 0.25) is 0 Å². The van der Waals surface area contributed by atoms with Gasteiger partial charge in [0.15, 0.2) is 0 Å². The summed E-state index contributed by atoms with van der Waals surface area (Å²) < 4.78 is 0. The average molecular weight is 195 g/mol. The molecule has 0 bridgehead atoms. The van der Waals surface area contributed by atoms with Gasteiger partial charge in [-0.05, 0) is 25.8 Å². The van der Waals surface area contributed by atoms with E-state index in [9.17, 15) is 0 Å². The van der Waals surface area contributed by atoms with E-state index in [2.05, 4.69) is 23.8 Å². The minimum Gasteiger partial charge on any atom is -0.397 e. The Morgan fingerprint density at radius 1 is 1.43 bits per heavy atom. The lowest BCUT2D eigenvalue weighted by Crippen LogP contribution is -2.19. The summed E-state index contributed by atoms with van der Waals surface area (Å²) in [5.74, 6) is 0. The molecule has 0 saturated heterocycles. The molecule has 0 unspecified atom stereocenters. The number of hydrogen-bond acceptors (Lipinski definition) is 3. The second-order valence-electron chi connectivity index (χ2n) is 3.25. The zero-order valence-corrected chi connectivity index (χ0v) is 9.65. The van der Waals surface area contributed by atoms with Gasteiger partial charge in [0.05, 0.1) is 11.4 Å². The summed E-state index contributed by atoms with van der Waals surface area (Å²) in [6, 6.07) is 0. The van der Waals surface area contributed by atoms with E-state index in [0.717, 1.165) is 29.9 Å². The third-order valence-corrected chi connectivity index (χ3v) is 2.17. The van der Waals surface area contributed by atoms with Crippen LogP contribution in [0.15, 0.2) is 28.5 Å². The molecule has 0 aliphatic rings. The van der Waals surface area contributed by atoms with Crippen LogP contribution < -0.4 is 11.1 Å². The van der Waals surface area contributed by atoms with Crippen LogP contribution in [0.25, 0.3) is 0 Å². The van der Waals surface area contributed by atoms with Crippen molar-refractivity contribution in [3.05, 3.63) is 23.5 Å². The third kappa shape index (κ3) is 3.64. The molecule has 3 heteroatoms. The van der Waals surface area contributed by atoms with Gasteiger partial charge >= 0.3 is 0 Å². The fourth-order valence-corrected chi connectivity index (χ4v) is 0.963. The zero-order valence-electron chi connectivity index (χ0n) is 9.65. The molecule has 0 aliphatic carbocycles. The molecule has 0 aromatic carbocycles. The van der Waals surface area contributed by atoms with Crippen LogP contribution in [-0.2, 0) is 0 Å². The second-order valence-corrected chi connectivity index (χ2v) is 3.25. The Labute approximate surface area is 86.8 Å². The van der Waals surface area contributed by atoms with Gasteiger partial charge in [-0.25, -0.2) is 0 Å². The topological polar surface area (TPSA) is 50.4 Å². The highest BCUT2D eigenvalue weighted by Crippen LogP contribution is 2.07. The normalized spacial score (nSPS) is 13.6. The fourth-order valence-electron chi connectivity index (χ4n) is 0.963. The first-order valence-corrected chi connectivity index (χ1v) is 4.87. The summed E-state index contributed by atoms with van der Waals surface area (Å²) in [5, 5.41) is 3.20. The predicted octanol–water partition coefficient (Wildman–Crippen LogP) is 1.82. The molecular formula is C11H21N3. The fraction of sp³-hybridized carbons (Fsp3) is 0.545. The van der Waals surface area contributed by atoms with E-state index in [1.165, 1.54) is 0 Å². The first-order valence-electron chi connectivity index (χ1n) is 4.87. The molecule has 0 fully saturated rings. The van der Waals surface area contributed by atoms with E-state index >= 15 is 0 Å². The number of aliphatic imine (C=N–C) groups is 1. The molecule has 0 saturated carbocycles. The molecule has 80 valence electrons. The summed E-state index contributed by atoms with van der Waals surface area (Å²) in [7, 11) is 1.73. The van der Waals surface area contributed by atoms with Gasteiger partial charge in [-0.15, -0.1) is 0 Å². The van der Waals surface area contributed by atoms with Gasteiger partial charge in [-0.3, -0.25) is 4.99 Å².